The average Bonchev–Trinajstić information content (AvgIpc) is 3.09. The normalized spacial score (nSPS) is 12.5. The average molecular weight is 499 g/mol. The van der Waals surface area contributed by atoms with Crippen molar-refractivity contribution < 1.29 is 9.50 Å². The van der Waals surface area contributed by atoms with E-state index in [1.54, 1.807) is 29.5 Å². The van der Waals surface area contributed by atoms with E-state index in [2.05, 4.69) is 15.6 Å². The molecule has 1 unspecified atom stereocenters. The third kappa shape index (κ3) is 5.88. The largest absolute Gasteiger partial charge is 0.386 e. The molecule has 3 aromatic rings. The number of aliphatic hydroxyl groups is 1. The number of halogens is 2. The highest BCUT2D eigenvalue weighted by Crippen LogP contribution is 2.29. The van der Waals surface area contributed by atoms with Gasteiger partial charge in [-0.05, 0) is 30.5 Å². The third-order valence-corrected chi connectivity index (χ3v) is 5.16. The van der Waals surface area contributed by atoms with Crippen molar-refractivity contribution in [1.29, 1.82) is 0 Å². The Morgan fingerprint density at radius 3 is 2.63 bits per heavy atom. The van der Waals surface area contributed by atoms with Crippen LogP contribution in [-0.4, -0.2) is 24.2 Å². The zero-order valence-corrected chi connectivity index (χ0v) is 18.1. The molecule has 3 N–H and O–H groups in total. The first-order valence-corrected chi connectivity index (χ1v) is 9.41. The minimum atomic E-state index is -0.635. The molecular formula is C20H23FIN3OS. The van der Waals surface area contributed by atoms with Gasteiger partial charge in [0.05, 0.1) is 6.54 Å². The molecule has 0 radical (unpaired) electrons. The summed E-state index contributed by atoms with van der Waals surface area (Å²) in [6, 6.07) is 16.7. The summed E-state index contributed by atoms with van der Waals surface area (Å²) in [5.41, 5.74) is 0.537. The highest BCUT2D eigenvalue weighted by atomic mass is 127. The Morgan fingerprint density at radius 2 is 1.89 bits per heavy atom. The van der Waals surface area contributed by atoms with Gasteiger partial charge in [-0.15, -0.1) is 35.3 Å². The molecule has 3 rings (SSSR count). The molecule has 0 fully saturated rings. The molecule has 27 heavy (non-hydrogen) atoms. The van der Waals surface area contributed by atoms with Gasteiger partial charge in [0.1, 0.15) is 11.9 Å². The van der Waals surface area contributed by atoms with E-state index in [9.17, 15) is 9.50 Å². The third-order valence-electron chi connectivity index (χ3n) is 3.95. The first kappa shape index (κ1) is 21.6. The maximum Gasteiger partial charge on any atom is 0.191 e. The van der Waals surface area contributed by atoms with Crippen LogP contribution < -0.4 is 10.6 Å². The Hall–Kier alpha value is -1.71. The lowest BCUT2D eigenvalue weighted by Crippen LogP contribution is -2.39. The first-order valence-electron chi connectivity index (χ1n) is 8.59. The number of aliphatic imine (C=N–C) groups is 1. The van der Waals surface area contributed by atoms with Crippen molar-refractivity contribution in [3.63, 3.8) is 0 Å². The van der Waals surface area contributed by atoms with Gasteiger partial charge in [0, 0.05) is 28.2 Å². The van der Waals surface area contributed by atoms with E-state index in [0.29, 0.717) is 24.6 Å². The van der Waals surface area contributed by atoms with Crippen molar-refractivity contribution in [3.8, 4) is 0 Å². The minimum Gasteiger partial charge on any atom is -0.386 e. The highest BCUT2D eigenvalue weighted by molar-refractivity contribution is 14.0. The smallest absolute Gasteiger partial charge is 0.191 e. The Kier molecular flexibility index (Phi) is 8.46. The number of nitrogens with zero attached hydrogens (tertiary/aromatic N) is 1. The summed E-state index contributed by atoms with van der Waals surface area (Å²) >= 11 is 1.58. The van der Waals surface area contributed by atoms with E-state index in [1.807, 2.05) is 37.3 Å². The predicted molar refractivity (Wildman–Crippen MR) is 121 cm³/mol. The number of hydrogen-bond acceptors (Lipinski definition) is 3. The SMILES string of the molecule is CCNC(=NCc1ccccc1F)NCC(O)c1cc2ccccc2s1.I. The first-order chi connectivity index (χ1) is 12.7. The molecule has 0 aliphatic carbocycles. The Labute approximate surface area is 179 Å². The molecule has 1 atom stereocenters. The maximum absolute atomic E-state index is 13.7. The Bertz CT molecular complexity index is 867. The van der Waals surface area contributed by atoms with Gasteiger partial charge in [0.2, 0.25) is 0 Å². The molecule has 1 heterocycles. The lowest BCUT2D eigenvalue weighted by molar-refractivity contribution is 0.184. The van der Waals surface area contributed by atoms with Crippen LogP contribution in [0.15, 0.2) is 59.6 Å². The standard InChI is InChI=1S/C20H22FN3OS.HI/c1-2-22-20(23-12-15-8-3-5-9-16(15)21)24-13-17(25)19-11-14-7-4-6-10-18(14)26-19;/h3-11,17,25H,2,12-13H2,1H3,(H2,22,23,24);1H. The van der Waals surface area contributed by atoms with Crippen molar-refractivity contribution in [3.05, 3.63) is 70.9 Å². The van der Waals surface area contributed by atoms with Crippen LogP contribution >= 0.6 is 35.3 Å². The van der Waals surface area contributed by atoms with Crippen LogP contribution in [0.3, 0.4) is 0 Å². The van der Waals surface area contributed by atoms with Gasteiger partial charge in [-0.2, -0.15) is 0 Å². The molecule has 2 aromatic carbocycles. The molecule has 0 bridgehead atoms. The van der Waals surface area contributed by atoms with E-state index in [4.69, 9.17) is 0 Å². The molecule has 0 saturated heterocycles. The molecule has 1 aromatic heterocycles. The van der Waals surface area contributed by atoms with Crippen molar-refractivity contribution in [2.24, 2.45) is 4.99 Å². The molecular weight excluding hydrogens is 476 g/mol. The van der Waals surface area contributed by atoms with Crippen LogP contribution in [0.4, 0.5) is 4.39 Å². The number of fused-ring (bicyclic) bond motifs is 1. The van der Waals surface area contributed by atoms with Crippen LogP contribution in [0.5, 0.6) is 0 Å². The summed E-state index contributed by atoms with van der Waals surface area (Å²) in [5.74, 6) is 0.285. The Morgan fingerprint density at radius 1 is 1.15 bits per heavy atom. The van der Waals surface area contributed by atoms with Crippen LogP contribution in [0, 0.1) is 5.82 Å². The number of rotatable bonds is 6. The summed E-state index contributed by atoms with van der Waals surface area (Å²) in [6.45, 7) is 3.21. The lowest BCUT2D eigenvalue weighted by atomic mass is 10.2. The molecule has 0 aliphatic heterocycles. The number of aliphatic hydroxyl groups excluding tert-OH is 1. The molecule has 0 aliphatic rings. The van der Waals surface area contributed by atoms with Gasteiger partial charge in [0.25, 0.3) is 0 Å². The summed E-state index contributed by atoms with van der Waals surface area (Å²) in [5, 5.41) is 17.8. The molecule has 7 heteroatoms. The van der Waals surface area contributed by atoms with Crippen LogP contribution in [0.25, 0.3) is 10.1 Å². The van der Waals surface area contributed by atoms with Crippen LogP contribution in [-0.2, 0) is 6.54 Å². The van der Waals surface area contributed by atoms with Gasteiger partial charge in [0.15, 0.2) is 5.96 Å². The summed E-state index contributed by atoms with van der Waals surface area (Å²) in [7, 11) is 0. The van der Waals surface area contributed by atoms with E-state index < -0.39 is 6.10 Å². The van der Waals surface area contributed by atoms with Gasteiger partial charge >= 0.3 is 0 Å². The maximum atomic E-state index is 13.7. The summed E-state index contributed by atoms with van der Waals surface area (Å²) < 4.78 is 14.9. The number of nitrogens with one attached hydrogen (secondary N) is 2. The molecule has 0 saturated carbocycles. The van der Waals surface area contributed by atoms with Gasteiger partial charge in [-0.1, -0.05) is 36.4 Å². The molecule has 4 nitrogen and oxygen atoms in total. The van der Waals surface area contributed by atoms with E-state index in [1.165, 1.54) is 6.07 Å². The van der Waals surface area contributed by atoms with Crippen molar-refractivity contribution in [1.82, 2.24) is 10.6 Å². The monoisotopic (exact) mass is 499 g/mol. The van der Waals surface area contributed by atoms with E-state index >= 15 is 0 Å². The van der Waals surface area contributed by atoms with E-state index in [-0.39, 0.29) is 36.3 Å². The second-order valence-electron chi connectivity index (χ2n) is 5.87. The lowest BCUT2D eigenvalue weighted by Gasteiger charge is -2.14. The Balaban J connectivity index is 0.00000261. The summed E-state index contributed by atoms with van der Waals surface area (Å²) in [4.78, 5) is 5.31. The fraction of sp³-hybridized carbons (Fsp3) is 0.250. The molecule has 0 amide bonds. The minimum absolute atomic E-state index is 0. The topological polar surface area (TPSA) is 56.7 Å². The molecule has 0 spiro atoms. The second-order valence-corrected chi connectivity index (χ2v) is 6.99. The number of thiophene rings is 1. The van der Waals surface area contributed by atoms with Crippen molar-refractivity contribution in [2.75, 3.05) is 13.1 Å². The zero-order chi connectivity index (χ0) is 18.4. The van der Waals surface area contributed by atoms with Crippen molar-refractivity contribution >= 4 is 51.4 Å². The van der Waals surface area contributed by atoms with Crippen LogP contribution in [0.1, 0.15) is 23.5 Å². The van der Waals surface area contributed by atoms with Crippen LogP contribution in [0.2, 0.25) is 0 Å². The van der Waals surface area contributed by atoms with E-state index in [0.717, 1.165) is 15.0 Å². The van der Waals surface area contributed by atoms with Crippen molar-refractivity contribution in [2.45, 2.75) is 19.6 Å². The van der Waals surface area contributed by atoms with Gasteiger partial charge in [-0.3, -0.25) is 0 Å². The predicted octanol–water partition coefficient (Wildman–Crippen LogP) is 4.45. The second kappa shape index (κ2) is 10.6. The number of guanidine groups is 1. The fourth-order valence-corrected chi connectivity index (χ4v) is 3.64. The quantitative estimate of drug-likeness (QED) is 0.267. The number of hydrogen-bond donors (Lipinski definition) is 3. The van der Waals surface area contributed by atoms with Gasteiger partial charge < -0.3 is 15.7 Å². The number of benzene rings is 2. The highest BCUT2D eigenvalue weighted by Gasteiger charge is 2.12. The fourth-order valence-electron chi connectivity index (χ4n) is 2.59. The zero-order valence-electron chi connectivity index (χ0n) is 15.0. The summed E-state index contributed by atoms with van der Waals surface area (Å²) in [6.07, 6.45) is -0.635. The molecule has 144 valence electrons. The van der Waals surface area contributed by atoms with Gasteiger partial charge in [-0.25, -0.2) is 9.38 Å².